The van der Waals surface area contributed by atoms with Crippen molar-refractivity contribution in [3.63, 3.8) is 0 Å². The van der Waals surface area contributed by atoms with Gasteiger partial charge in [-0.3, -0.25) is 14.6 Å². The van der Waals surface area contributed by atoms with E-state index in [9.17, 15) is 9.59 Å². The van der Waals surface area contributed by atoms with Gasteiger partial charge in [-0.15, -0.1) is 0 Å². The predicted molar refractivity (Wildman–Crippen MR) is 86.4 cm³/mol. The molecule has 1 N–H and O–H groups in total. The van der Waals surface area contributed by atoms with E-state index in [1.165, 1.54) is 6.92 Å². The zero-order valence-electron chi connectivity index (χ0n) is 13.3. The molecule has 1 aromatic carbocycles. The monoisotopic (exact) mass is 312 g/mol. The van der Waals surface area contributed by atoms with Crippen LogP contribution in [0.1, 0.15) is 36.2 Å². The van der Waals surface area contributed by atoms with Crippen LogP contribution >= 0.6 is 0 Å². The lowest BCUT2D eigenvalue weighted by atomic mass is 10.0. The molecule has 0 aliphatic heterocycles. The molecule has 1 aromatic heterocycles. The van der Waals surface area contributed by atoms with Gasteiger partial charge in [-0.05, 0) is 24.6 Å². The number of amides is 1. The van der Waals surface area contributed by atoms with E-state index in [1.807, 2.05) is 37.3 Å². The Morgan fingerprint density at radius 1 is 1.17 bits per heavy atom. The summed E-state index contributed by atoms with van der Waals surface area (Å²) in [5.74, 6) is -0.567. The molecule has 0 fully saturated rings. The summed E-state index contributed by atoms with van der Waals surface area (Å²) >= 11 is 0. The number of ether oxygens (including phenoxy) is 1. The van der Waals surface area contributed by atoms with Crippen molar-refractivity contribution < 1.29 is 14.3 Å². The van der Waals surface area contributed by atoms with Crippen molar-refractivity contribution in [2.24, 2.45) is 0 Å². The number of carbonyl (C=O) groups is 2. The van der Waals surface area contributed by atoms with Gasteiger partial charge in [-0.1, -0.05) is 35.9 Å². The zero-order valence-corrected chi connectivity index (χ0v) is 13.3. The highest BCUT2D eigenvalue weighted by molar-refractivity contribution is 5.76. The maximum Gasteiger partial charge on any atom is 0.308 e. The van der Waals surface area contributed by atoms with Gasteiger partial charge in [0.25, 0.3) is 0 Å². The third-order valence-electron chi connectivity index (χ3n) is 3.34. The summed E-state index contributed by atoms with van der Waals surface area (Å²) in [4.78, 5) is 27.5. The first-order chi connectivity index (χ1) is 11.0. The minimum Gasteiger partial charge on any atom is -0.459 e. The quantitative estimate of drug-likeness (QED) is 0.833. The Kier molecular flexibility index (Phi) is 5.86. The standard InChI is InChI=1S/C18H20N2O3/c1-13-6-8-15(9-7-13)17(20-14(2)21)11-18(22)23-12-16-5-3-4-10-19-16/h3-10,17H,11-12H2,1-2H3,(H,20,21). The molecule has 0 bridgehead atoms. The molecule has 1 amide bonds. The van der Waals surface area contributed by atoms with Crippen molar-refractivity contribution in [3.8, 4) is 0 Å². The fourth-order valence-electron chi connectivity index (χ4n) is 2.16. The van der Waals surface area contributed by atoms with E-state index < -0.39 is 6.04 Å². The second-order valence-corrected chi connectivity index (χ2v) is 5.35. The number of nitrogens with one attached hydrogen (secondary N) is 1. The SMILES string of the molecule is CC(=O)NC(CC(=O)OCc1ccccn1)c1ccc(C)cc1. The molecule has 0 aliphatic carbocycles. The van der Waals surface area contributed by atoms with Gasteiger partial charge in [0.2, 0.25) is 5.91 Å². The van der Waals surface area contributed by atoms with Gasteiger partial charge in [0.15, 0.2) is 0 Å². The summed E-state index contributed by atoms with van der Waals surface area (Å²) in [7, 11) is 0. The maximum absolute atomic E-state index is 12.0. The van der Waals surface area contributed by atoms with E-state index >= 15 is 0 Å². The van der Waals surface area contributed by atoms with Crippen LogP contribution in [-0.4, -0.2) is 16.9 Å². The number of hydrogen-bond acceptors (Lipinski definition) is 4. The summed E-state index contributed by atoms with van der Waals surface area (Å²) in [5, 5.41) is 2.79. The Morgan fingerprint density at radius 2 is 1.91 bits per heavy atom. The van der Waals surface area contributed by atoms with Gasteiger partial charge in [-0.2, -0.15) is 0 Å². The first-order valence-electron chi connectivity index (χ1n) is 7.44. The number of aromatic nitrogens is 1. The van der Waals surface area contributed by atoms with Crippen LogP contribution in [0.5, 0.6) is 0 Å². The predicted octanol–water partition coefficient (Wildman–Crippen LogP) is 2.70. The van der Waals surface area contributed by atoms with E-state index in [0.29, 0.717) is 5.69 Å². The van der Waals surface area contributed by atoms with Crippen LogP contribution in [0.2, 0.25) is 0 Å². The van der Waals surface area contributed by atoms with E-state index in [0.717, 1.165) is 11.1 Å². The van der Waals surface area contributed by atoms with Crippen LogP contribution in [0.15, 0.2) is 48.7 Å². The highest BCUT2D eigenvalue weighted by Crippen LogP contribution is 2.18. The number of rotatable bonds is 6. The summed E-state index contributed by atoms with van der Waals surface area (Å²) in [6, 6.07) is 12.7. The van der Waals surface area contributed by atoms with Crippen LogP contribution in [0.4, 0.5) is 0 Å². The summed E-state index contributed by atoms with van der Waals surface area (Å²) < 4.78 is 5.23. The van der Waals surface area contributed by atoms with Crippen molar-refractivity contribution in [2.45, 2.75) is 32.9 Å². The lowest BCUT2D eigenvalue weighted by molar-refractivity contribution is -0.145. The molecule has 0 saturated heterocycles. The Hall–Kier alpha value is -2.69. The number of pyridine rings is 1. The van der Waals surface area contributed by atoms with Crippen molar-refractivity contribution in [2.75, 3.05) is 0 Å². The number of hydrogen-bond donors (Lipinski definition) is 1. The number of esters is 1. The average Bonchev–Trinajstić information content (AvgIpc) is 2.53. The molecule has 120 valence electrons. The zero-order chi connectivity index (χ0) is 16.7. The van der Waals surface area contributed by atoms with Gasteiger partial charge < -0.3 is 10.1 Å². The third-order valence-corrected chi connectivity index (χ3v) is 3.34. The van der Waals surface area contributed by atoms with Crippen LogP contribution in [0.25, 0.3) is 0 Å². The molecule has 1 atom stereocenters. The second-order valence-electron chi connectivity index (χ2n) is 5.35. The molecule has 0 saturated carbocycles. The normalized spacial score (nSPS) is 11.6. The molecule has 5 nitrogen and oxygen atoms in total. The topological polar surface area (TPSA) is 68.3 Å². The van der Waals surface area contributed by atoms with Gasteiger partial charge in [0.05, 0.1) is 18.2 Å². The van der Waals surface area contributed by atoms with Gasteiger partial charge in [0.1, 0.15) is 6.61 Å². The van der Waals surface area contributed by atoms with E-state index in [2.05, 4.69) is 10.3 Å². The molecular formula is C18H20N2O3. The van der Waals surface area contributed by atoms with Gasteiger partial charge in [0, 0.05) is 13.1 Å². The summed E-state index contributed by atoms with van der Waals surface area (Å²) in [5.41, 5.74) is 2.68. The van der Waals surface area contributed by atoms with Gasteiger partial charge >= 0.3 is 5.97 Å². The molecule has 5 heteroatoms. The number of aryl methyl sites for hydroxylation is 1. The molecule has 1 heterocycles. The first kappa shape index (κ1) is 16.7. The lowest BCUT2D eigenvalue weighted by Gasteiger charge is -2.18. The van der Waals surface area contributed by atoms with Crippen molar-refractivity contribution >= 4 is 11.9 Å². The smallest absolute Gasteiger partial charge is 0.308 e. The second kappa shape index (κ2) is 8.08. The molecular weight excluding hydrogens is 292 g/mol. The summed E-state index contributed by atoms with van der Waals surface area (Å²) in [6.07, 6.45) is 1.73. The molecule has 23 heavy (non-hydrogen) atoms. The molecule has 0 radical (unpaired) electrons. The summed E-state index contributed by atoms with van der Waals surface area (Å²) in [6.45, 7) is 3.54. The highest BCUT2D eigenvalue weighted by Gasteiger charge is 2.18. The molecule has 0 aliphatic rings. The number of nitrogens with zero attached hydrogens (tertiary/aromatic N) is 1. The molecule has 0 spiro atoms. The van der Waals surface area contributed by atoms with E-state index in [4.69, 9.17) is 4.74 Å². The maximum atomic E-state index is 12.0. The molecule has 2 aromatic rings. The fraction of sp³-hybridized carbons (Fsp3) is 0.278. The first-order valence-corrected chi connectivity index (χ1v) is 7.44. The van der Waals surface area contributed by atoms with Crippen LogP contribution in [0, 0.1) is 6.92 Å². The van der Waals surface area contributed by atoms with Crippen molar-refractivity contribution in [1.29, 1.82) is 0 Å². The van der Waals surface area contributed by atoms with Crippen molar-refractivity contribution in [1.82, 2.24) is 10.3 Å². The minimum absolute atomic E-state index is 0.0788. The molecule has 1 unspecified atom stereocenters. The lowest BCUT2D eigenvalue weighted by Crippen LogP contribution is -2.28. The Morgan fingerprint density at radius 3 is 2.52 bits per heavy atom. The van der Waals surface area contributed by atoms with Gasteiger partial charge in [-0.25, -0.2) is 0 Å². The Bertz CT molecular complexity index is 654. The van der Waals surface area contributed by atoms with E-state index in [-0.39, 0.29) is 24.9 Å². The Labute approximate surface area is 135 Å². The molecule has 2 rings (SSSR count). The van der Waals surface area contributed by atoms with Crippen LogP contribution in [0.3, 0.4) is 0 Å². The average molecular weight is 312 g/mol. The van der Waals surface area contributed by atoms with Crippen molar-refractivity contribution in [3.05, 3.63) is 65.5 Å². The fourth-order valence-corrected chi connectivity index (χ4v) is 2.16. The highest BCUT2D eigenvalue weighted by atomic mass is 16.5. The Balaban J connectivity index is 1.98. The minimum atomic E-state index is -0.399. The number of benzene rings is 1. The van der Waals surface area contributed by atoms with Crippen LogP contribution in [-0.2, 0) is 20.9 Å². The van der Waals surface area contributed by atoms with Crippen LogP contribution < -0.4 is 5.32 Å². The third kappa shape index (κ3) is 5.54. The number of carbonyl (C=O) groups excluding carboxylic acids is 2. The largest absolute Gasteiger partial charge is 0.459 e. The van der Waals surface area contributed by atoms with E-state index in [1.54, 1.807) is 18.3 Å².